The molecule has 0 aromatic heterocycles. The Morgan fingerprint density at radius 1 is 0.963 bits per heavy atom. The second kappa shape index (κ2) is 7.33. The summed E-state index contributed by atoms with van der Waals surface area (Å²) in [6, 6.07) is 16.9. The Morgan fingerprint density at radius 2 is 1.48 bits per heavy atom. The summed E-state index contributed by atoms with van der Waals surface area (Å²) in [7, 11) is 0. The Balaban J connectivity index is 1.64. The van der Waals surface area contributed by atoms with Gasteiger partial charge >= 0.3 is 0 Å². The number of carbonyl (C=O) groups excluding carboxylic acids is 1. The second-order valence-electron chi connectivity index (χ2n) is 8.51. The van der Waals surface area contributed by atoms with Gasteiger partial charge < -0.3 is 10.1 Å². The fraction of sp³-hybridized carbons (Fsp3) is 0.409. The summed E-state index contributed by atoms with van der Waals surface area (Å²) in [5, 5.41) is 5.09. The van der Waals surface area contributed by atoms with E-state index in [1.165, 1.54) is 0 Å². The number of hydrogen-bond acceptors (Lipinski definition) is 4. The average Bonchev–Trinajstić information content (AvgIpc) is 2.60. The van der Waals surface area contributed by atoms with Crippen LogP contribution in [0.5, 0.6) is 11.5 Å². The van der Waals surface area contributed by atoms with E-state index in [2.05, 4.69) is 33.0 Å². The molecule has 0 unspecified atom stereocenters. The van der Waals surface area contributed by atoms with E-state index in [9.17, 15) is 4.79 Å². The topological polar surface area (TPSA) is 67.6 Å². The molecular formula is C22H29N3O2. The summed E-state index contributed by atoms with van der Waals surface area (Å²) in [6.45, 7) is 8.46. The maximum atomic E-state index is 12.7. The maximum Gasteiger partial charge on any atom is 0.251 e. The lowest BCUT2D eigenvalue weighted by Crippen LogP contribution is -2.67. The average molecular weight is 367 g/mol. The fourth-order valence-electron chi connectivity index (χ4n) is 3.96. The highest BCUT2D eigenvalue weighted by Gasteiger charge is 2.44. The molecule has 3 rings (SSSR count). The van der Waals surface area contributed by atoms with E-state index in [-0.39, 0.29) is 23.0 Å². The first-order valence-corrected chi connectivity index (χ1v) is 9.36. The van der Waals surface area contributed by atoms with Crippen molar-refractivity contribution in [2.45, 2.75) is 57.7 Å². The third kappa shape index (κ3) is 4.49. The van der Waals surface area contributed by atoms with E-state index in [0.29, 0.717) is 11.3 Å². The molecule has 0 saturated carbocycles. The molecule has 1 aliphatic rings. The maximum absolute atomic E-state index is 12.7. The standard InChI is InChI=1S/C22H29N3O2/c1-21(2)14-17(15-22(3,4)25(21)23)24-20(26)16-10-12-19(13-11-16)27-18-8-6-5-7-9-18/h5-13,17H,14-15,23H2,1-4H3,(H,24,26). The fourth-order valence-corrected chi connectivity index (χ4v) is 3.96. The lowest BCUT2D eigenvalue weighted by atomic mass is 9.78. The van der Waals surface area contributed by atoms with E-state index in [0.717, 1.165) is 18.6 Å². The Labute approximate surface area is 161 Å². The van der Waals surface area contributed by atoms with Crippen molar-refractivity contribution >= 4 is 5.91 Å². The van der Waals surface area contributed by atoms with Crippen molar-refractivity contribution in [3.63, 3.8) is 0 Å². The summed E-state index contributed by atoms with van der Waals surface area (Å²) >= 11 is 0. The Kier molecular flexibility index (Phi) is 5.27. The van der Waals surface area contributed by atoms with Crippen molar-refractivity contribution in [3.05, 3.63) is 60.2 Å². The molecule has 3 N–H and O–H groups in total. The smallest absolute Gasteiger partial charge is 0.251 e. The first-order chi connectivity index (χ1) is 12.7. The quantitative estimate of drug-likeness (QED) is 0.798. The van der Waals surface area contributed by atoms with Gasteiger partial charge in [-0.1, -0.05) is 18.2 Å². The van der Waals surface area contributed by atoms with Gasteiger partial charge in [0.1, 0.15) is 11.5 Å². The largest absolute Gasteiger partial charge is 0.457 e. The van der Waals surface area contributed by atoms with Crippen LogP contribution in [0.25, 0.3) is 0 Å². The predicted molar refractivity (Wildman–Crippen MR) is 108 cm³/mol. The van der Waals surface area contributed by atoms with Crippen LogP contribution in [0.15, 0.2) is 54.6 Å². The van der Waals surface area contributed by atoms with Crippen LogP contribution < -0.4 is 15.9 Å². The Bertz CT molecular complexity index is 767. The van der Waals surface area contributed by atoms with Crippen molar-refractivity contribution in [3.8, 4) is 11.5 Å². The molecule has 27 heavy (non-hydrogen) atoms. The van der Waals surface area contributed by atoms with Crippen molar-refractivity contribution in [2.75, 3.05) is 0 Å². The predicted octanol–water partition coefficient (Wildman–Crippen LogP) is 4.10. The van der Waals surface area contributed by atoms with Gasteiger partial charge in [-0.25, -0.2) is 5.01 Å². The van der Waals surface area contributed by atoms with Crippen LogP contribution in [-0.2, 0) is 0 Å². The first kappa shape index (κ1) is 19.4. The SMILES string of the molecule is CC1(C)CC(NC(=O)c2ccc(Oc3ccccc3)cc2)CC(C)(C)N1N. The van der Waals surface area contributed by atoms with Crippen LogP contribution in [0.2, 0.25) is 0 Å². The van der Waals surface area contributed by atoms with E-state index in [1.54, 1.807) is 12.1 Å². The van der Waals surface area contributed by atoms with Crippen LogP contribution in [0.3, 0.4) is 0 Å². The zero-order chi connectivity index (χ0) is 19.7. The number of amides is 1. The first-order valence-electron chi connectivity index (χ1n) is 9.36. The van der Waals surface area contributed by atoms with Gasteiger partial charge in [0.05, 0.1) is 0 Å². The van der Waals surface area contributed by atoms with Crippen LogP contribution in [0, 0.1) is 0 Å². The number of benzene rings is 2. The van der Waals surface area contributed by atoms with Crippen molar-refractivity contribution < 1.29 is 9.53 Å². The van der Waals surface area contributed by atoms with Gasteiger partial charge in [-0.2, -0.15) is 0 Å². The highest BCUT2D eigenvalue weighted by atomic mass is 16.5. The highest BCUT2D eigenvalue weighted by molar-refractivity contribution is 5.94. The molecule has 1 aliphatic heterocycles. The molecule has 2 aromatic rings. The number of hydrogen-bond donors (Lipinski definition) is 2. The second-order valence-corrected chi connectivity index (χ2v) is 8.51. The number of piperidine rings is 1. The summed E-state index contributed by atoms with van der Waals surface area (Å²) < 4.78 is 5.78. The number of hydrazine groups is 1. The summed E-state index contributed by atoms with van der Waals surface area (Å²) in [5.74, 6) is 7.69. The third-order valence-electron chi connectivity index (χ3n) is 5.23. The molecule has 144 valence electrons. The molecule has 1 saturated heterocycles. The molecular weight excluding hydrogens is 338 g/mol. The van der Waals surface area contributed by atoms with Gasteiger partial charge in [0.25, 0.3) is 5.91 Å². The highest BCUT2D eigenvalue weighted by Crippen LogP contribution is 2.35. The number of rotatable bonds is 4. The van der Waals surface area contributed by atoms with Crippen LogP contribution >= 0.6 is 0 Å². The van der Waals surface area contributed by atoms with Gasteiger partial charge in [0.15, 0.2) is 0 Å². The van der Waals surface area contributed by atoms with Gasteiger partial charge in [-0.3, -0.25) is 10.6 Å². The van der Waals surface area contributed by atoms with E-state index >= 15 is 0 Å². The molecule has 1 amide bonds. The molecule has 5 heteroatoms. The van der Waals surface area contributed by atoms with Crippen LogP contribution in [0.4, 0.5) is 0 Å². The summed E-state index contributed by atoms with van der Waals surface area (Å²) in [6.07, 6.45) is 1.63. The van der Waals surface area contributed by atoms with Gasteiger partial charge in [0, 0.05) is 22.7 Å². The number of ether oxygens (including phenoxy) is 1. The monoisotopic (exact) mass is 367 g/mol. The number of para-hydroxylation sites is 1. The number of carbonyl (C=O) groups is 1. The van der Waals surface area contributed by atoms with Gasteiger partial charge in [0.2, 0.25) is 0 Å². The number of nitrogens with two attached hydrogens (primary N) is 1. The Hall–Kier alpha value is -2.37. The van der Waals surface area contributed by atoms with E-state index in [4.69, 9.17) is 10.6 Å². The molecule has 1 fully saturated rings. The molecule has 0 atom stereocenters. The summed E-state index contributed by atoms with van der Waals surface area (Å²) in [5.41, 5.74) is 0.279. The molecule has 0 spiro atoms. The minimum absolute atomic E-state index is 0.0664. The molecule has 1 heterocycles. The normalized spacial score (nSPS) is 19.4. The molecule has 0 aliphatic carbocycles. The Morgan fingerprint density at radius 3 is 2.04 bits per heavy atom. The zero-order valence-electron chi connectivity index (χ0n) is 16.5. The van der Waals surface area contributed by atoms with Crippen LogP contribution in [0.1, 0.15) is 50.9 Å². The molecule has 2 aromatic carbocycles. The minimum Gasteiger partial charge on any atom is -0.457 e. The van der Waals surface area contributed by atoms with E-state index in [1.807, 2.05) is 47.5 Å². The van der Waals surface area contributed by atoms with Crippen molar-refractivity contribution in [1.29, 1.82) is 0 Å². The minimum atomic E-state index is -0.174. The lowest BCUT2D eigenvalue weighted by Gasteiger charge is -2.52. The zero-order valence-corrected chi connectivity index (χ0v) is 16.5. The van der Waals surface area contributed by atoms with Crippen LogP contribution in [-0.4, -0.2) is 28.0 Å². The van der Waals surface area contributed by atoms with E-state index < -0.39 is 0 Å². The van der Waals surface area contributed by atoms with Gasteiger partial charge in [-0.15, -0.1) is 0 Å². The molecule has 0 radical (unpaired) electrons. The van der Waals surface area contributed by atoms with Gasteiger partial charge in [-0.05, 0) is 76.9 Å². The molecule has 5 nitrogen and oxygen atoms in total. The summed E-state index contributed by atoms with van der Waals surface area (Å²) in [4.78, 5) is 12.7. The third-order valence-corrected chi connectivity index (χ3v) is 5.23. The number of nitrogens with zero attached hydrogens (tertiary/aromatic N) is 1. The van der Waals surface area contributed by atoms with Crippen molar-refractivity contribution in [1.82, 2.24) is 10.3 Å². The number of nitrogens with one attached hydrogen (secondary N) is 1. The van der Waals surface area contributed by atoms with Crippen molar-refractivity contribution in [2.24, 2.45) is 5.84 Å². The molecule has 0 bridgehead atoms. The lowest BCUT2D eigenvalue weighted by molar-refractivity contribution is -0.0406.